The molecule has 6 heteroatoms. The normalized spacial score (nSPS) is 11.6. The van der Waals surface area contributed by atoms with Gasteiger partial charge in [0.25, 0.3) is 9.05 Å². The fourth-order valence-corrected chi connectivity index (χ4v) is 2.14. The van der Waals surface area contributed by atoms with Crippen LogP contribution in [-0.4, -0.2) is 20.5 Å². The molecule has 0 unspecified atom stereocenters. The predicted molar refractivity (Wildman–Crippen MR) is 61.3 cm³/mol. The van der Waals surface area contributed by atoms with Gasteiger partial charge in [-0.3, -0.25) is 0 Å². The van der Waals surface area contributed by atoms with Crippen molar-refractivity contribution in [2.45, 2.75) is 4.90 Å². The Morgan fingerprint density at radius 3 is 2.62 bits per heavy atom. The smallest absolute Gasteiger partial charge is 0.261 e. The molecule has 2 rings (SSSR count). The van der Waals surface area contributed by atoms with E-state index in [4.69, 9.17) is 15.4 Å². The van der Waals surface area contributed by atoms with Crippen molar-refractivity contribution in [3.63, 3.8) is 0 Å². The van der Waals surface area contributed by atoms with Gasteiger partial charge in [0.2, 0.25) is 5.88 Å². The SMILES string of the molecule is COc1ccc2cc(S(=O)(=O)Cl)ccc2n1. The van der Waals surface area contributed by atoms with E-state index in [2.05, 4.69) is 4.98 Å². The highest BCUT2D eigenvalue weighted by Gasteiger charge is 2.10. The summed E-state index contributed by atoms with van der Waals surface area (Å²) >= 11 is 0. The molecule has 1 aromatic heterocycles. The topological polar surface area (TPSA) is 56.3 Å². The van der Waals surface area contributed by atoms with E-state index < -0.39 is 9.05 Å². The van der Waals surface area contributed by atoms with Crippen LogP contribution in [0.1, 0.15) is 0 Å². The summed E-state index contributed by atoms with van der Waals surface area (Å²) in [6.45, 7) is 0. The average Bonchev–Trinajstić information content (AvgIpc) is 2.26. The molecule has 4 nitrogen and oxygen atoms in total. The molecular weight excluding hydrogens is 250 g/mol. The van der Waals surface area contributed by atoms with Crippen LogP contribution >= 0.6 is 10.7 Å². The van der Waals surface area contributed by atoms with Crippen molar-refractivity contribution < 1.29 is 13.2 Å². The van der Waals surface area contributed by atoms with Crippen molar-refractivity contribution in [3.05, 3.63) is 30.3 Å². The molecule has 1 aromatic carbocycles. The summed E-state index contributed by atoms with van der Waals surface area (Å²) < 4.78 is 27.2. The number of hydrogen-bond donors (Lipinski definition) is 0. The largest absolute Gasteiger partial charge is 0.481 e. The maximum absolute atomic E-state index is 11.1. The van der Waals surface area contributed by atoms with Crippen molar-refractivity contribution >= 4 is 30.6 Å². The number of aromatic nitrogens is 1. The Morgan fingerprint density at radius 1 is 1.25 bits per heavy atom. The van der Waals surface area contributed by atoms with Crippen molar-refractivity contribution in [1.29, 1.82) is 0 Å². The maximum Gasteiger partial charge on any atom is 0.261 e. The molecule has 0 spiro atoms. The van der Waals surface area contributed by atoms with Crippen LogP contribution in [0, 0.1) is 0 Å². The Kier molecular flexibility index (Phi) is 2.73. The Bertz CT molecular complexity index is 640. The van der Waals surface area contributed by atoms with Crippen LogP contribution in [0.15, 0.2) is 35.2 Å². The molecule has 0 saturated carbocycles. The number of nitrogens with zero attached hydrogens (tertiary/aromatic N) is 1. The Balaban J connectivity index is 2.65. The lowest BCUT2D eigenvalue weighted by atomic mass is 10.2. The zero-order valence-electron chi connectivity index (χ0n) is 8.34. The minimum Gasteiger partial charge on any atom is -0.481 e. The van der Waals surface area contributed by atoms with Gasteiger partial charge in [0.15, 0.2) is 0 Å². The molecular formula is C10H8ClNO3S. The van der Waals surface area contributed by atoms with Gasteiger partial charge >= 0.3 is 0 Å². The molecule has 0 radical (unpaired) electrons. The molecule has 84 valence electrons. The van der Waals surface area contributed by atoms with Crippen molar-refractivity contribution in [3.8, 4) is 5.88 Å². The molecule has 0 N–H and O–H groups in total. The van der Waals surface area contributed by atoms with Crippen LogP contribution < -0.4 is 4.74 Å². The Labute approximate surface area is 97.2 Å². The minimum absolute atomic E-state index is 0.0635. The summed E-state index contributed by atoms with van der Waals surface area (Å²) in [5.74, 6) is 0.481. The fraction of sp³-hybridized carbons (Fsp3) is 0.100. The number of rotatable bonds is 2. The lowest BCUT2D eigenvalue weighted by Gasteiger charge is -2.02. The number of fused-ring (bicyclic) bond motifs is 1. The molecule has 0 fully saturated rings. The van der Waals surface area contributed by atoms with Crippen LogP contribution in [0.25, 0.3) is 10.9 Å². The van der Waals surface area contributed by atoms with Crippen LogP contribution in [-0.2, 0) is 9.05 Å². The van der Waals surface area contributed by atoms with Crippen molar-refractivity contribution in [2.75, 3.05) is 7.11 Å². The molecule has 1 heterocycles. The summed E-state index contributed by atoms with van der Waals surface area (Å²) in [4.78, 5) is 4.22. The van der Waals surface area contributed by atoms with Crippen LogP contribution in [0.5, 0.6) is 5.88 Å². The van der Waals surface area contributed by atoms with E-state index in [1.807, 2.05) is 0 Å². The van der Waals surface area contributed by atoms with Gasteiger partial charge in [-0.1, -0.05) is 0 Å². The van der Waals surface area contributed by atoms with E-state index >= 15 is 0 Å². The fourth-order valence-electron chi connectivity index (χ4n) is 1.35. The van der Waals surface area contributed by atoms with E-state index in [1.165, 1.54) is 19.2 Å². The van der Waals surface area contributed by atoms with Gasteiger partial charge in [0.05, 0.1) is 17.5 Å². The van der Waals surface area contributed by atoms with Gasteiger partial charge in [-0.2, -0.15) is 0 Å². The lowest BCUT2D eigenvalue weighted by Crippen LogP contribution is -1.92. The molecule has 0 atom stereocenters. The standard InChI is InChI=1S/C10H8ClNO3S/c1-15-10-5-2-7-6-8(16(11,13)14)3-4-9(7)12-10/h2-6H,1H3. The second-order valence-corrected chi connectivity index (χ2v) is 5.71. The lowest BCUT2D eigenvalue weighted by molar-refractivity contribution is 0.399. The summed E-state index contributed by atoms with van der Waals surface area (Å²) in [6.07, 6.45) is 0. The summed E-state index contributed by atoms with van der Waals surface area (Å²) in [5.41, 5.74) is 0.656. The van der Waals surface area contributed by atoms with E-state index in [9.17, 15) is 8.42 Å². The first kappa shape index (κ1) is 11.2. The highest BCUT2D eigenvalue weighted by Crippen LogP contribution is 2.22. The number of pyridine rings is 1. The molecule has 0 saturated heterocycles. The Hall–Kier alpha value is -1.33. The van der Waals surface area contributed by atoms with E-state index in [0.717, 1.165) is 0 Å². The van der Waals surface area contributed by atoms with E-state index in [-0.39, 0.29) is 4.90 Å². The van der Waals surface area contributed by atoms with Gasteiger partial charge in [-0.05, 0) is 24.3 Å². The first-order chi connectivity index (χ1) is 7.50. The third-order valence-corrected chi connectivity index (χ3v) is 3.48. The first-order valence-corrected chi connectivity index (χ1v) is 6.71. The molecule has 0 aliphatic rings. The highest BCUT2D eigenvalue weighted by molar-refractivity contribution is 8.13. The van der Waals surface area contributed by atoms with Gasteiger partial charge in [0.1, 0.15) is 0 Å². The minimum atomic E-state index is -3.70. The second-order valence-electron chi connectivity index (χ2n) is 3.15. The number of ether oxygens (including phenoxy) is 1. The summed E-state index contributed by atoms with van der Waals surface area (Å²) in [5, 5.41) is 0.697. The highest BCUT2D eigenvalue weighted by atomic mass is 35.7. The van der Waals surface area contributed by atoms with Crippen LogP contribution in [0.4, 0.5) is 0 Å². The maximum atomic E-state index is 11.1. The second kappa shape index (κ2) is 3.92. The van der Waals surface area contributed by atoms with E-state index in [1.54, 1.807) is 18.2 Å². The third-order valence-electron chi connectivity index (χ3n) is 2.13. The monoisotopic (exact) mass is 257 g/mol. The molecule has 0 bridgehead atoms. The number of benzene rings is 1. The molecule has 16 heavy (non-hydrogen) atoms. The van der Waals surface area contributed by atoms with Crippen LogP contribution in [0.2, 0.25) is 0 Å². The first-order valence-electron chi connectivity index (χ1n) is 4.40. The number of methoxy groups -OCH3 is 1. The van der Waals surface area contributed by atoms with Gasteiger partial charge in [-0.25, -0.2) is 13.4 Å². The quantitative estimate of drug-likeness (QED) is 0.774. The van der Waals surface area contributed by atoms with Gasteiger partial charge < -0.3 is 4.74 Å². The number of hydrogen-bond acceptors (Lipinski definition) is 4. The van der Waals surface area contributed by atoms with E-state index in [0.29, 0.717) is 16.8 Å². The van der Waals surface area contributed by atoms with Crippen molar-refractivity contribution in [1.82, 2.24) is 4.98 Å². The molecule has 2 aromatic rings. The predicted octanol–water partition coefficient (Wildman–Crippen LogP) is 2.17. The van der Waals surface area contributed by atoms with Crippen LogP contribution in [0.3, 0.4) is 0 Å². The molecule has 0 aliphatic carbocycles. The third kappa shape index (κ3) is 2.10. The average molecular weight is 258 g/mol. The molecule has 0 amide bonds. The van der Waals surface area contributed by atoms with Gasteiger partial charge in [0, 0.05) is 22.1 Å². The Morgan fingerprint density at radius 2 is 2.00 bits per heavy atom. The zero-order valence-corrected chi connectivity index (χ0v) is 9.92. The van der Waals surface area contributed by atoms with Crippen molar-refractivity contribution in [2.24, 2.45) is 0 Å². The summed E-state index contributed by atoms with van der Waals surface area (Å²) in [7, 11) is 3.07. The number of halogens is 1. The molecule has 0 aliphatic heterocycles. The summed E-state index contributed by atoms with van der Waals surface area (Å²) in [6, 6.07) is 7.87. The van der Waals surface area contributed by atoms with Gasteiger partial charge in [-0.15, -0.1) is 0 Å². The zero-order chi connectivity index (χ0) is 11.8.